The van der Waals surface area contributed by atoms with E-state index in [0.717, 1.165) is 0 Å². The lowest BCUT2D eigenvalue weighted by Gasteiger charge is -2.08. The van der Waals surface area contributed by atoms with Crippen LogP contribution in [0.2, 0.25) is 0 Å². The first kappa shape index (κ1) is 13.3. The van der Waals surface area contributed by atoms with E-state index in [0.29, 0.717) is 22.0 Å². The summed E-state index contributed by atoms with van der Waals surface area (Å²) in [5.74, 6) is -0.177. The van der Waals surface area contributed by atoms with Crippen LogP contribution in [0.15, 0.2) is 34.9 Å². The number of carbonyl (C=O) groups is 1. The highest BCUT2D eigenvalue weighted by Gasteiger charge is 2.08. The fourth-order valence-corrected chi connectivity index (χ4v) is 1.86. The van der Waals surface area contributed by atoms with E-state index in [1.165, 1.54) is 19.2 Å². The van der Waals surface area contributed by atoms with Gasteiger partial charge in [0.1, 0.15) is 0 Å². The second-order valence-electron chi connectivity index (χ2n) is 3.55. The number of halogens is 1. The normalized spacial score (nSPS) is 10.0. The number of nitrogens with one attached hydrogen (secondary N) is 1. The Morgan fingerprint density at radius 3 is 2.84 bits per heavy atom. The highest BCUT2D eigenvalue weighted by molar-refractivity contribution is 9.10. The van der Waals surface area contributed by atoms with Gasteiger partial charge in [-0.2, -0.15) is 4.98 Å². The molecule has 6 nitrogen and oxygen atoms in total. The third-order valence-corrected chi connectivity index (χ3v) is 2.96. The molecule has 1 aromatic carbocycles. The second-order valence-corrected chi connectivity index (χ2v) is 4.40. The van der Waals surface area contributed by atoms with Crippen molar-refractivity contribution in [2.75, 3.05) is 12.4 Å². The van der Waals surface area contributed by atoms with E-state index in [1.54, 1.807) is 18.3 Å². The Labute approximate surface area is 117 Å². The fourth-order valence-electron chi connectivity index (χ4n) is 1.39. The molecule has 0 aliphatic rings. The summed E-state index contributed by atoms with van der Waals surface area (Å²) in [7, 11) is 1.52. The monoisotopic (exact) mass is 323 g/mol. The van der Waals surface area contributed by atoms with Gasteiger partial charge in [0.15, 0.2) is 0 Å². The van der Waals surface area contributed by atoms with E-state index in [9.17, 15) is 4.79 Å². The largest absolute Gasteiger partial charge is 0.481 e. The van der Waals surface area contributed by atoms with Crippen molar-refractivity contribution in [2.45, 2.75) is 0 Å². The number of hydrogen-bond acceptors (Lipinski definition) is 5. The summed E-state index contributed by atoms with van der Waals surface area (Å²) in [4.78, 5) is 19.0. The molecule has 0 atom stereocenters. The fraction of sp³-hybridized carbons (Fsp3) is 0.0833. The average molecular weight is 324 g/mol. The molecule has 2 rings (SSSR count). The van der Waals surface area contributed by atoms with Gasteiger partial charge >= 0.3 is 5.97 Å². The summed E-state index contributed by atoms with van der Waals surface area (Å²) in [5.41, 5.74) is 0.863. The van der Waals surface area contributed by atoms with Crippen LogP contribution in [0.25, 0.3) is 0 Å². The molecule has 98 valence electrons. The van der Waals surface area contributed by atoms with Crippen LogP contribution in [0.5, 0.6) is 5.88 Å². The van der Waals surface area contributed by atoms with Gasteiger partial charge in [-0.1, -0.05) is 0 Å². The Morgan fingerprint density at radius 1 is 1.42 bits per heavy atom. The molecule has 0 saturated heterocycles. The third-order valence-electron chi connectivity index (χ3n) is 2.30. The van der Waals surface area contributed by atoms with Crippen LogP contribution in [0.3, 0.4) is 0 Å². The molecular formula is C12H10BrN3O3. The zero-order valence-corrected chi connectivity index (χ0v) is 11.5. The zero-order valence-electron chi connectivity index (χ0n) is 9.92. The van der Waals surface area contributed by atoms with Crippen molar-refractivity contribution < 1.29 is 14.6 Å². The number of nitrogens with zero attached hydrogens (tertiary/aromatic N) is 2. The van der Waals surface area contributed by atoms with Gasteiger partial charge in [0.2, 0.25) is 11.8 Å². The lowest BCUT2D eigenvalue weighted by atomic mass is 10.2. The van der Waals surface area contributed by atoms with E-state index in [1.807, 2.05) is 0 Å². The molecule has 1 aromatic heterocycles. The van der Waals surface area contributed by atoms with Crippen LogP contribution in [0, 0.1) is 0 Å². The van der Waals surface area contributed by atoms with Crippen molar-refractivity contribution in [3.63, 3.8) is 0 Å². The number of aromatic carboxylic acids is 1. The summed E-state index contributed by atoms with van der Waals surface area (Å²) >= 11 is 3.30. The topological polar surface area (TPSA) is 84.3 Å². The van der Waals surface area contributed by atoms with Crippen LogP contribution in [0.1, 0.15) is 10.4 Å². The molecule has 0 saturated carbocycles. The maximum atomic E-state index is 10.8. The highest BCUT2D eigenvalue weighted by atomic mass is 79.9. The van der Waals surface area contributed by atoms with Gasteiger partial charge in [0.05, 0.1) is 18.4 Å². The average Bonchev–Trinajstić information content (AvgIpc) is 2.41. The van der Waals surface area contributed by atoms with Crippen LogP contribution in [-0.4, -0.2) is 28.2 Å². The van der Waals surface area contributed by atoms with Gasteiger partial charge in [0.25, 0.3) is 0 Å². The smallest absolute Gasteiger partial charge is 0.335 e. The van der Waals surface area contributed by atoms with Crippen molar-refractivity contribution in [1.29, 1.82) is 0 Å². The van der Waals surface area contributed by atoms with E-state index in [-0.39, 0.29) is 5.56 Å². The van der Waals surface area contributed by atoms with Gasteiger partial charge in [-0.05, 0) is 34.1 Å². The van der Waals surface area contributed by atoms with Gasteiger partial charge in [-0.25, -0.2) is 9.78 Å². The minimum atomic E-state index is -0.982. The molecule has 0 aliphatic carbocycles. The van der Waals surface area contributed by atoms with Crippen molar-refractivity contribution in [1.82, 2.24) is 9.97 Å². The first-order valence-electron chi connectivity index (χ1n) is 5.27. The Bertz CT molecular complexity index is 619. The summed E-state index contributed by atoms with van der Waals surface area (Å²) in [6, 6.07) is 6.27. The standard InChI is InChI=1S/C12H10BrN3O3/c1-19-10-4-5-14-12(16-10)15-9-3-2-7(11(17)18)6-8(9)13/h2-6H,1H3,(H,17,18)(H,14,15,16). The zero-order chi connectivity index (χ0) is 13.8. The molecule has 0 spiro atoms. The van der Waals surface area contributed by atoms with Gasteiger partial charge in [-0.3, -0.25) is 0 Å². The molecule has 1 heterocycles. The molecule has 0 fully saturated rings. The van der Waals surface area contributed by atoms with Crippen molar-refractivity contribution in [3.05, 3.63) is 40.5 Å². The number of anilines is 2. The lowest BCUT2D eigenvalue weighted by Crippen LogP contribution is -2.01. The van der Waals surface area contributed by atoms with Crippen molar-refractivity contribution in [2.24, 2.45) is 0 Å². The van der Waals surface area contributed by atoms with E-state index < -0.39 is 5.97 Å². The Morgan fingerprint density at radius 2 is 2.21 bits per heavy atom. The molecule has 0 bridgehead atoms. The van der Waals surface area contributed by atoms with Crippen LogP contribution < -0.4 is 10.1 Å². The highest BCUT2D eigenvalue weighted by Crippen LogP contribution is 2.26. The van der Waals surface area contributed by atoms with E-state index in [4.69, 9.17) is 9.84 Å². The van der Waals surface area contributed by atoms with Crippen LogP contribution in [-0.2, 0) is 0 Å². The minimum absolute atomic E-state index is 0.198. The number of rotatable bonds is 4. The number of carboxylic acids is 1. The second kappa shape index (κ2) is 5.66. The maximum absolute atomic E-state index is 10.8. The summed E-state index contributed by atoms with van der Waals surface area (Å²) in [6.07, 6.45) is 1.56. The Hall–Kier alpha value is -2.15. The summed E-state index contributed by atoms with van der Waals surface area (Å²) in [6.45, 7) is 0. The molecule has 0 amide bonds. The number of benzene rings is 1. The number of aromatic nitrogens is 2. The van der Waals surface area contributed by atoms with Gasteiger partial charge < -0.3 is 15.2 Å². The van der Waals surface area contributed by atoms with E-state index >= 15 is 0 Å². The summed E-state index contributed by atoms with van der Waals surface area (Å²) < 4.78 is 5.60. The Balaban J connectivity index is 2.25. The van der Waals surface area contributed by atoms with Crippen molar-refractivity contribution in [3.8, 4) is 5.88 Å². The number of ether oxygens (including phenoxy) is 1. The van der Waals surface area contributed by atoms with Crippen LogP contribution in [0.4, 0.5) is 11.6 Å². The molecule has 2 aromatic rings. The van der Waals surface area contributed by atoms with Gasteiger partial charge in [-0.15, -0.1) is 0 Å². The lowest BCUT2D eigenvalue weighted by molar-refractivity contribution is 0.0697. The SMILES string of the molecule is COc1ccnc(Nc2ccc(C(=O)O)cc2Br)n1. The van der Waals surface area contributed by atoms with E-state index in [2.05, 4.69) is 31.2 Å². The minimum Gasteiger partial charge on any atom is -0.481 e. The predicted octanol–water partition coefficient (Wildman–Crippen LogP) is 2.69. The molecule has 0 unspecified atom stereocenters. The molecule has 0 radical (unpaired) electrons. The molecular weight excluding hydrogens is 314 g/mol. The quantitative estimate of drug-likeness (QED) is 0.899. The first-order valence-corrected chi connectivity index (χ1v) is 6.06. The molecule has 2 N–H and O–H groups in total. The number of methoxy groups -OCH3 is 1. The van der Waals surface area contributed by atoms with Crippen molar-refractivity contribution >= 4 is 33.5 Å². The number of carboxylic acid groups (broad SMARTS) is 1. The molecule has 0 aliphatic heterocycles. The first-order chi connectivity index (χ1) is 9.10. The van der Waals surface area contributed by atoms with Crippen LogP contribution >= 0.6 is 15.9 Å². The van der Waals surface area contributed by atoms with Gasteiger partial charge in [0, 0.05) is 16.7 Å². The Kier molecular flexibility index (Phi) is 3.96. The summed E-state index contributed by atoms with van der Waals surface area (Å²) in [5, 5.41) is 11.8. The predicted molar refractivity (Wildman–Crippen MR) is 73.0 cm³/mol. The number of hydrogen-bond donors (Lipinski definition) is 2. The third kappa shape index (κ3) is 3.19. The molecule has 19 heavy (non-hydrogen) atoms. The molecule has 7 heteroatoms. The maximum Gasteiger partial charge on any atom is 0.335 e.